The van der Waals surface area contributed by atoms with E-state index < -0.39 is 0 Å². The summed E-state index contributed by atoms with van der Waals surface area (Å²) in [5.74, 6) is 0.757. The van der Waals surface area contributed by atoms with Crippen LogP contribution in [0.3, 0.4) is 0 Å². The van der Waals surface area contributed by atoms with Crippen LogP contribution in [-0.4, -0.2) is 19.8 Å². The molecule has 3 heteroatoms. The highest BCUT2D eigenvalue weighted by Gasteiger charge is 2.34. The van der Waals surface area contributed by atoms with Gasteiger partial charge in [-0.25, -0.2) is 4.39 Å². The molecule has 1 aliphatic heterocycles. The van der Waals surface area contributed by atoms with Crippen LogP contribution in [0.15, 0.2) is 30.3 Å². The van der Waals surface area contributed by atoms with Gasteiger partial charge in [0.1, 0.15) is 11.6 Å². The molecule has 24 heavy (non-hydrogen) atoms. The van der Waals surface area contributed by atoms with Crippen molar-refractivity contribution in [1.29, 1.82) is 0 Å². The molecule has 0 amide bonds. The summed E-state index contributed by atoms with van der Waals surface area (Å²) in [6.45, 7) is 10.5. The van der Waals surface area contributed by atoms with Gasteiger partial charge in [-0.2, -0.15) is 0 Å². The fraction of sp³-hybridized carbons (Fsp3) is 0.429. The number of ether oxygens (including phenoxy) is 2. The molecule has 1 saturated heterocycles. The zero-order chi connectivity index (χ0) is 17.3. The van der Waals surface area contributed by atoms with E-state index in [9.17, 15) is 4.39 Å². The molecule has 0 saturated carbocycles. The van der Waals surface area contributed by atoms with E-state index in [0.717, 1.165) is 46.8 Å². The van der Waals surface area contributed by atoms with Gasteiger partial charge in [0.05, 0.1) is 19.8 Å². The maximum Gasteiger partial charge on any atom is 0.126 e. The summed E-state index contributed by atoms with van der Waals surface area (Å²) in [5.41, 5.74) is 5.41. The van der Waals surface area contributed by atoms with E-state index in [-0.39, 0.29) is 11.2 Å². The van der Waals surface area contributed by atoms with Crippen LogP contribution >= 0.6 is 0 Å². The number of hydrogen-bond donors (Lipinski definition) is 0. The molecule has 1 fully saturated rings. The van der Waals surface area contributed by atoms with Crippen LogP contribution in [0, 0.1) is 25.1 Å². The molecule has 2 aromatic carbocycles. The average Bonchev–Trinajstić information content (AvgIpc) is 2.52. The highest BCUT2D eigenvalue weighted by atomic mass is 19.1. The van der Waals surface area contributed by atoms with Crippen LogP contribution in [0.2, 0.25) is 0 Å². The second-order valence-electron chi connectivity index (χ2n) is 7.18. The fourth-order valence-corrected chi connectivity index (χ4v) is 3.26. The van der Waals surface area contributed by atoms with Gasteiger partial charge in [0.15, 0.2) is 0 Å². The lowest BCUT2D eigenvalue weighted by Crippen LogP contribution is -2.44. The van der Waals surface area contributed by atoms with Gasteiger partial charge >= 0.3 is 0 Å². The highest BCUT2D eigenvalue weighted by Crippen LogP contribution is 2.33. The summed E-state index contributed by atoms with van der Waals surface area (Å²) in [4.78, 5) is 0. The van der Waals surface area contributed by atoms with Crippen molar-refractivity contribution in [3.8, 4) is 16.9 Å². The summed E-state index contributed by atoms with van der Waals surface area (Å²) in [6.07, 6.45) is 0.694. The molecule has 0 bridgehead atoms. The Bertz CT molecular complexity index is 724. The zero-order valence-corrected chi connectivity index (χ0v) is 14.9. The van der Waals surface area contributed by atoms with E-state index >= 15 is 0 Å². The van der Waals surface area contributed by atoms with Crippen LogP contribution in [0.25, 0.3) is 11.1 Å². The molecule has 0 aromatic heterocycles. The normalized spacial score (nSPS) is 15.9. The highest BCUT2D eigenvalue weighted by molar-refractivity contribution is 5.72. The molecular weight excluding hydrogens is 303 g/mol. The summed E-state index contributed by atoms with van der Waals surface area (Å²) in [7, 11) is 0. The Labute approximate surface area is 143 Å². The van der Waals surface area contributed by atoms with Gasteiger partial charge in [-0.05, 0) is 72.4 Å². The average molecular weight is 328 g/mol. The van der Waals surface area contributed by atoms with Crippen LogP contribution in [0.5, 0.6) is 5.75 Å². The zero-order valence-electron chi connectivity index (χ0n) is 14.9. The first-order valence-electron chi connectivity index (χ1n) is 8.52. The first-order chi connectivity index (χ1) is 11.4. The van der Waals surface area contributed by atoms with Gasteiger partial charge in [0.2, 0.25) is 0 Å². The number of halogens is 1. The largest absolute Gasteiger partial charge is 0.493 e. The standard InChI is InChI=1S/C21H25FO2/c1-5-16-10-17(6-7-19(16)22)20-14(2)8-18(9-15(20)3)24-13-21(4)11-23-12-21/h6-10H,5,11-13H2,1-4H3. The minimum atomic E-state index is -0.132. The Hall–Kier alpha value is -1.87. The van der Waals surface area contributed by atoms with Crippen molar-refractivity contribution >= 4 is 0 Å². The topological polar surface area (TPSA) is 18.5 Å². The smallest absolute Gasteiger partial charge is 0.126 e. The third-order valence-corrected chi connectivity index (χ3v) is 4.71. The third-order valence-electron chi connectivity index (χ3n) is 4.71. The first-order valence-corrected chi connectivity index (χ1v) is 8.52. The Balaban J connectivity index is 1.87. The number of aryl methyl sites for hydroxylation is 3. The Morgan fingerprint density at radius 1 is 1.12 bits per heavy atom. The Morgan fingerprint density at radius 3 is 2.33 bits per heavy atom. The molecule has 0 radical (unpaired) electrons. The second-order valence-corrected chi connectivity index (χ2v) is 7.18. The molecule has 3 rings (SSSR count). The van der Waals surface area contributed by atoms with Crippen LogP contribution in [0.1, 0.15) is 30.5 Å². The van der Waals surface area contributed by atoms with Crippen LogP contribution in [0.4, 0.5) is 4.39 Å². The fourth-order valence-electron chi connectivity index (χ4n) is 3.26. The van der Waals surface area contributed by atoms with Crippen LogP contribution < -0.4 is 4.74 Å². The predicted octanol–water partition coefficient (Wildman–Crippen LogP) is 5.09. The van der Waals surface area contributed by atoms with E-state index in [1.807, 2.05) is 19.1 Å². The van der Waals surface area contributed by atoms with Gasteiger partial charge in [-0.15, -0.1) is 0 Å². The molecule has 0 spiro atoms. The SMILES string of the molecule is CCc1cc(-c2c(C)cc(OCC3(C)COC3)cc2C)ccc1F. The third kappa shape index (κ3) is 3.32. The Kier molecular flexibility index (Phi) is 4.64. The van der Waals surface area contributed by atoms with Crippen molar-refractivity contribution in [3.05, 3.63) is 52.8 Å². The molecule has 0 N–H and O–H groups in total. The minimum Gasteiger partial charge on any atom is -0.493 e. The molecule has 0 atom stereocenters. The van der Waals surface area contributed by atoms with Gasteiger partial charge in [-0.3, -0.25) is 0 Å². The molecule has 1 heterocycles. The predicted molar refractivity (Wildman–Crippen MR) is 95.1 cm³/mol. The Morgan fingerprint density at radius 2 is 1.79 bits per heavy atom. The van der Waals surface area contributed by atoms with Gasteiger partial charge in [0.25, 0.3) is 0 Å². The maximum atomic E-state index is 13.8. The molecule has 0 unspecified atom stereocenters. The molecule has 2 aromatic rings. The summed E-state index contributed by atoms with van der Waals surface area (Å²) < 4.78 is 25.0. The summed E-state index contributed by atoms with van der Waals surface area (Å²) >= 11 is 0. The lowest BCUT2D eigenvalue weighted by Gasteiger charge is -2.37. The van der Waals surface area contributed by atoms with E-state index in [1.165, 1.54) is 0 Å². The quantitative estimate of drug-likeness (QED) is 0.761. The van der Waals surface area contributed by atoms with Crippen molar-refractivity contribution < 1.29 is 13.9 Å². The van der Waals surface area contributed by atoms with Crippen molar-refractivity contribution in [1.82, 2.24) is 0 Å². The summed E-state index contributed by atoms with van der Waals surface area (Å²) in [5, 5.41) is 0. The first kappa shape index (κ1) is 17.0. The minimum absolute atomic E-state index is 0.132. The van der Waals surface area contributed by atoms with E-state index in [0.29, 0.717) is 13.0 Å². The lowest BCUT2D eigenvalue weighted by molar-refractivity contribution is -0.120. The van der Waals surface area contributed by atoms with Crippen molar-refractivity contribution in [2.24, 2.45) is 5.41 Å². The molecule has 1 aliphatic rings. The number of hydrogen-bond acceptors (Lipinski definition) is 2. The summed E-state index contributed by atoms with van der Waals surface area (Å²) in [6, 6.07) is 9.52. The lowest BCUT2D eigenvalue weighted by atomic mass is 9.90. The van der Waals surface area contributed by atoms with Gasteiger partial charge in [0, 0.05) is 5.41 Å². The van der Waals surface area contributed by atoms with Crippen molar-refractivity contribution in [3.63, 3.8) is 0 Å². The van der Waals surface area contributed by atoms with E-state index in [4.69, 9.17) is 9.47 Å². The second kappa shape index (κ2) is 6.56. The number of benzene rings is 2. The van der Waals surface area contributed by atoms with Crippen molar-refractivity contribution in [2.75, 3.05) is 19.8 Å². The molecular formula is C21H25FO2. The van der Waals surface area contributed by atoms with Gasteiger partial charge in [-0.1, -0.05) is 19.9 Å². The van der Waals surface area contributed by atoms with E-state index in [1.54, 1.807) is 6.07 Å². The van der Waals surface area contributed by atoms with Gasteiger partial charge < -0.3 is 9.47 Å². The van der Waals surface area contributed by atoms with Crippen LogP contribution in [-0.2, 0) is 11.2 Å². The van der Waals surface area contributed by atoms with Crippen molar-refractivity contribution in [2.45, 2.75) is 34.1 Å². The molecule has 0 aliphatic carbocycles. The van der Waals surface area contributed by atoms with E-state index in [2.05, 4.69) is 32.9 Å². The molecule has 2 nitrogen and oxygen atoms in total. The maximum absolute atomic E-state index is 13.8. The number of rotatable bonds is 5. The molecule has 128 valence electrons. The monoisotopic (exact) mass is 328 g/mol.